The number of carbonyl (C=O) groups is 1. The number of fused-ring (bicyclic) bond motifs is 1. The van der Waals surface area contributed by atoms with Crippen LogP contribution in [-0.2, 0) is 16.0 Å². The number of pyridine rings is 1. The number of benzene rings is 1. The van der Waals surface area contributed by atoms with Gasteiger partial charge in [-0.3, -0.25) is 4.79 Å². The van der Waals surface area contributed by atoms with Crippen molar-refractivity contribution in [2.75, 3.05) is 56.2 Å². The predicted octanol–water partition coefficient (Wildman–Crippen LogP) is 4.62. The van der Waals surface area contributed by atoms with Crippen molar-refractivity contribution in [2.24, 2.45) is 11.3 Å². The molecule has 3 aromatic heterocycles. The van der Waals surface area contributed by atoms with Gasteiger partial charge in [0.2, 0.25) is 5.91 Å². The molecule has 6 heterocycles. The highest BCUT2D eigenvalue weighted by molar-refractivity contribution is 7.16. The Balaban J connectivity index is 1.18. The van der Waals surface area contributed by atoms with Crippen molar-refractivity contribution in [1.82, 2.24) is 19.5 Å². The second kappa shape index (κ2) is 10.0. The third kappa shape index (κ3) is 4.30. The lowest BCUT2D eigenvalue weighted by atomic mass is 9.72. The van der Waals surface area contributed by atoms with Crippen LogP contribution in [0.3, 0.4) is 0 Å². The minimum absolute atomic E-state index is 0.0573. The van der Waals surface area contributed by atoms with Crippen LogP contribution in [0.2, 0.25) is 0 Å². The molecule has 0 N–H and O–H groups in total. The number of aryl methyl sites for hydroxylation is 1. The molecule has 0 radical (unpaired) electrons. The molecule has 1 amide bonds. The van der Waals surface area contributed by atoms with E-state index in [1.807, 2.05) is 28.7 Å². The molecule has 0 saturated carbocycles. The van der Waals surface area contributed by atoms with Crippen molar-refractivity contribution < 1.29 is 19.7 Å². The van der Waals surface area contributed by atoms with Gasteiger partial charge >= 0.3 is 0 Å². The molecule has 4 aromatic rings. The van der Waals surface area contributed by atoms with E-state index in [4.69, 9.17) is 11.1 Å². The molecule has 7 rings (SSSR count). The minimum Gasteiger partial charge on any atom is -0.381 e. The number of amides is 1. The summed E-state index contributed by atoms with van der Waals surface area (Å²) in [5.41, 5.74) is 3.25. The molecule has 0 aliphatic carbocycles. The number of thiazole rings is 1. The molecule has 12 heteroatoms. The smallest absolute Gasteiger partial charge is 0.228 e. The third-order valence-corrected chi connectivity index (χ3v) is 9.53. The van der Waals surface area contributed by atoms with Gasteiger partial charge in [-0.2, -0.15) is 10.4 Å². The van der Waals surface area contributed by atoms with Crippen molar-refractivity contribution in [2.45, 2.75) is 19.8 Å². The number of nitriles is 1. The van der Waals surface area contributed by atoms with Crippen molar-refractivity contribution in [1.29, 1.82) is 5.26 Å². The van der Waals surface area contributed by atoms with Crippen LogP contribution >= 0.6 is 11.3 Å². The van der Waals surface area contributed by atoms with Gasteiger partial charge in [-0.1, -0.05) is 18.3 Å². The summed E-state index contributed by atoms with van der Waals surface area (Å²) in [4.78, 5) is 23.5. The quantitative estimate of drug-likeness (QED) is 0.324. The normalized spacial score (nSPS) is 19.5. The Hall–Kier alpha value is -4.08. The number of hydrogen-bond acceptors (Lipinski definition) is 8. The van der Waals surface area contributed by atoms with Gasteiger partial charge in [0.05, 0.1) is 42.7 Å². The Kier molecular flexibility index (Phi) is 6.12. The van der Waals surface area contributed by atoms with E-state index in [1.165, 1.54) is 28.0 Å². The first-order valence-corrected chi connectivity index (χ1v) is 14.8. The topological polar surface area (TPSA) is 90.0 Å². The zero-order valence-electron chi connectivity index (χ0n) is 24.2. The van der Waals surface area contributed by atoms with E-state index in [2.05, 4.69) is 11.2 Å². The van der Waals surface area contributed by atoms with Crippen LogP contribution in [-0.4, -0.2) is 71.8 Å². The largest absolute Gasteiger partial charge is 0.381 e. The maximum absolute atomic E-state index is 15.6. The lowest BCUT2D eigenvalue weighted by Gasteiger charge is -2.61. The second-order valence-electron chi connectivity index (χ2n) is 11.4. The molecule has 1 spiro atoms. The van der Waals surface area contributed by atoms with Crippen LogP contribution in [0.1, 0.15) is 25.3 Å². The van der Waals surface area contributed by atoms with Crippen LogP contribution in [0.5, 0.6) is 0 Å². The molecular formula is C30H29F2N7O2S. The highest BCUT2D eigenvalue weighted by Crippen LogP contribution is 2.45. The monoisotopic (exact) mass is 590 g/mol. The Morgan fingerprint density at radius 2 is 2.05 bits per heavy atom. The Morgan fingerprint density at radius 3 is 2.71 bits per heavy atom. The number of carbonyl (C=O) groups excluding carboxylic acids is 1. The third-order valence-electron chi connectivity index (χ3n) is 8.50. The Morgan fingerprint density at radius 1 is 1.29 bits per heavy atom. The van der Waals surface area contributed by atoms with Crippen LogP contribution in [0.25, 0.3) is 16.8 Å². The average Bonchev–Trinajstić information content (AvgIpc) is 3.72. The zero-order valence-corrected chi connectivity index (χ0v) is 24.0. The lowest BCUT2D eigenvalue weighted by molar-refractivity contribution is -0.149. The number of anilines is 3. The molecular weight excluding hydrogens is 560 g/mol. The summed E-state index contributed by atoms with van der Waals surface area (Å²) in [7, 11) is 1.81. The number of nitrogens with zero attached hydrogens (tertiary/aromatic N) is 7. The van der Waals surface area contributed by atoms with E-state index in [-0.39, 0.29) is 29.2 Å². The van der Waals surface area contributed by atoms with Crippen molar-refractivity contribution in [3.8, 4) is 17.3 Å². The Labute approximate surface area is 246 Å². The van der Waals surface area contributed by atoms with E-state index < -0.39 is 5.82 Å². The van der Waals surface area contributed by atoms with Gasteiger partial charge in [0.25, 0.3) is 0 Å². The summed E-state index contributed by atoms with van der Waals surface area (Å²) in [5, 5.41) is 14.9. The average molecular weight is 591 g/mol. The summed E-state index contributed by atoms with van der Waals surface area (Å²) in [6.45, 7) is 5.56. The van der Waals surface area contributed by atoms with E-state index in [9.17, 15) is 14.4 Å². The Bertz CT molecular complexity index is 1780. The van der Waals surface area contributed by atoms with Crippen LogP contribution in [0, 0.1) is 34.3 Å². The standard InChI is InChI=1S/C30H29F2N7O2S/c1-3-22-27(36(2)29-34-26(25(11-33)42-29)18-4-6-20(31)7-5-18)24-10-23(21(32)12-39(24)35-22)37-14-30(15-37)16-38(17-30)28(40)19-8-9-41-13-19/h4-7,10,12,19H,3,8-9,13-17H2,1-2H3/t19-/m0/s1/i12D. The maximum atomic E-state index is 15.6. The number of aromatic nitrogens is 3. The highest BCUT2D eigenvalue weighted by Gasteiger charge is 2.54. The van der Waals surface area contributed by atoms with Crippen LogP contribution < -0.4 is 9.80 Å². The van der Waals surface area contributed by atoms with Crippen molar-refractivity contribution >= 4 is 39.3 Å². The van der Waals surface area contributed by atoms with Gasteiger partial charge in [-0.05, 0) is 43.2 Å². The summed E-state index contributed by atoms with van der Waals surface area (Å²) in [6, 6.07) is 9.75. The molecule has 3 fully saturated rings. The SMILES string of the molecule is [2H]c1c(F)c(N2CC3(CN(C(=O)[C@H]4CCOC4)C3)C2)cc2c(N(C)c3nc(-c4ccc(F)cc4)c(C#N)s3)c(CC)nn12. The lowest BCUT2D eigenvalue weighted by Crippen LogP contribution is -2.73. The number of ether oxygens (including phenoxy) is 1. The number of halogens is 2. The fourth-order valence-electron chi connectivity index (χ4n) is 6.33. The molecule has 0 bridgehead atoms. The minimum atomic E-state index is -0.642. The number of hydrogen-bond donors (Lipinski definition) is 0. The van der Waals surface area contributed by atoms with Crippen LogP contribution in [0.15, 0.2) is 36.5 Å². The van der Waals surface area contributed by atoms with E-state index in [0.29, 0.717) is 89.7 Å². The molecule has 216 valence electrons. The zero-order chi connectivity index (χ0) is 30.0. The first-order chi connectivity index (χ1) is 20.7. The van der Waals surface area contributed by atoms with Gasteiger partial charge in [0.1, 0.15) is 22.5 Å². The molecule has 0 unspecified atom stereocenters. The number of rotatable bonds is 6. The van der Waals surface area contributed by atoms with Gasteiger partial charge < -0.3 is 19.4 Å². The van der Waals surface area contributed by atoms with Crippen molar-refractivity contribution in [3.63, 3.8) is 0 Å². The van der Waals surface area contributed by atoms with E-state index >= 15 is 4.39 Å². The van der Waals surface area contributed by atoms with Gasteiger partial charge in [0, 0.05) is 50.8 Å². The van der Waals surface area contributed by atoms with Gasteiger partial charge in [-0.15, -0.1) is 0 Å². The highest BCUT2D eigenvalue weighted by atomic mass is 32.1. The molecule has 1 aromatic carbocycles. The van der Waals surface area contributed by atoms with E-state index in [1.54, 1.807) is 18.2 Å². The van der Waals surface area contributed by atoms with E-state index in [0.717, 1.165) is 6.42 Å². The fourth-order valence-corrected chi connectivity index (χ4v) is 7.18. The molecule has 1 atom stereocenters. The molecule has 42 heavy (non-hydrogen) atoms. The molecule has 3 aliphatic rings. The molecule has 3 aliphatic heterocycles. The summed E-state index contributed by atoms with van der Waals surface area (Å²) in [6.07, 6.45) is 0.959. The molecule has 3 saturated heterocycles. The summed E-state index contributed by atoms with van der Waals surface area (Å²) < 4.78 is 44.4. The van der Waals surface area contributed by atoms with Crippen LogP contribution in [0.4, 0.5) is 25.3 Å². The maximum Gasteiger partial charge on any atom is 0.228 e. The fraction of sp³-hybridized carbons (Fsp3) is 0.400. The summed E-state index contributed by atoms with van der Waals surface area (Å²) >= 11 is 1.20. The first kappa shape index (κ1) is 25.6. The summed E-state index contributed by atoms with van der Waals surface area (Å²) in [5.74, 6) is -0.931. The first-order valence-electron chi connectivity index (χ1n) is 14.4. The van der Waals surface area contributed by atoms with Gasteiger partial charge in [-0.25, -0.2) is 18.3 Å². The van der Waals surface area contributed by atoms with Crippen molar-refractivity contribution in [3.05, 3.63) is 58.7 Å². The molecule has 9 nitrogen and oxygen atoms in total. The van der Waals surface area contributed by atoms with Gasteiger partial charge in [0.15, 0.2) is 10.9 Å². The number of likely N-dealkylation sites (tertiary alicyclic amines) is 1. The predicted molar refractivity (Wildman–Crippen MR) is 155 cm³/mol. The second-order valence-corrected chi connectivity index (χ2v) is 12.3.